The first-order chi connectivity index (χ1) is 6.74. The van der Waals surface area contributed by atoms with Gasteiger partial charge in [-0.05, 0) is 18.1 Å². The lowest BCUT2D eigenvalue weighted by atomic mass is 10.2. The summed E-state index contributed by atoms with van der Waals surface area (Å²) >= 11 is 3.18. The highest BCUT2D eigenvalue weighted by Gasteiger charge is 2.06. The van der Waals surface area contributed by atoms with Gasteiger partial charge in [0, 0.05) is 17.3 Å². The third-order valence-corrected chi connectivity index (χ3v) is 3.47. The van der Waals surface area contributed by atoms with E-state index in [9.17, 15) is 0 Å². The number of nitrogen functional groups attached to an aromatic ring is 1. The zero-order valence-corrected chi connectivity index (χ0v) is 10.1. The van der Waals surface area contributed by atoms with Gasteiger partial charge in [0.05, 0.1) is 0 Å². The molecular formula is C8H16N4S2. The minimum Gasteiger partial charge on any atom is -0.313 e. The normalized spacial score (nSPS) is 10.9. The van der Waals surface area contributed by atoms with E-state index in [2.05, 4.69) is 28.9 Å². The van der Waals surface area contributed by atoms with Crippen molar-refractivity contribution in [1.82, 2.24) is 9.59 Å². The second-order valence-corrected chi connectivity index (χ2v) is 5.29. The van der Waals surface area contributed by atoms with Crippen molar-refractivity contribution < 1.29 is 0 Å². The molecular weight excluding hydrogens is 216 g/mol. The zero-order valence-electron chi connectivity index (χ0n) is 8.49. The first-order valence-electron chi connectivity index (χ1n) is 4.59. The van der Waals surface area contributed by atoms with E-state index in [0.29, 0.717) is 0 Å². The Balaban J connectivity index is 2.24. The summed E-state index contributed by atoms with van der Waals surface area (Å²) in [6, 6.07) is 0. The van der Waals surface area contributed by atoms with Crippen LogP contribution in [-0.2, 0) is 5.75 Å². The molecule has 0 saturated carbocycles. The van der Waals surface area contributed by atoms with Gasteiger partial charge in [-0.1, -0.05) is 18.3 Å². The van der Waals surface area contributed by atoms with Crippen molar-refractivity contribution in [2.45, 2.75) is 26.0 Å². The summed E-state index contributed by atoms with van der Waals surface area (Å²) in [6.07, 6.45) is 1.24. The maximum atomic E-state index is 5.32. The maximum Gasteiger partial charge on any atom is 0.148 e. The smallest absolute Gasteiger partial charge is 0.148 e. The number of nitrogens with two attached hydrogens (primary N) is 1. The number of rotatable bonds is 6. The number of anilines is 1. The van der Waals surface area contributed by atoms with Crippen LogP contribution in [0, 0.1) is 5.92 Å². The Hall–Kier alpha value is -0.330. The molecule has 1 heterocycles. The molecule has 0 aliphatic rings. The molecule has 1 aromatic rings. The fourth-order valence-electron chi connectivity index (χ4n) is 0.901. The van der Waals surface area contributed by atoms with Crippen LogP contribution in [0.3, 0.4) is 0 Å². The van der Waals surface area contributed by atoms with Gasteiger partial charge < -0.3 is 5.43 Å². The van der Waals surface area contributed by atoms with E-state index < -0.39 is 0 Å². The lowest BCUT2D eigenvalue weighted by Gasteiger charge is -2.03. The molecule has 0 saturated heterocycles. The highest BCUT2D eigenvalue weighted by atomic mass is 32.2. The molecule has 0 spiro atoms. The average molecular weight is 232 g/mol. The largest absolute Gasteiger partial charge is 0.313 e. The molecule has 0 fully saturated rings. The van der Waals surface area contributed by atoms with E-state index in [1.54, 1.807) is 0 Å². The van der Waals surface area contributed by atoms with Gasteiger partial charge in [-0.3, -0.25) is 0 Å². The Bertz CT molecular complexity index is 262. The minimum atomic E-state index is 0.767. The monoisotopic (exact) mass is 232 g/mol. The predicted molar refractivity (Wildman–Crippen MR) is 63.3 cm³/mol. The van der Waals surface area contributed by atoms with Crippen LogP contribution in [0.25, 0.3) is 0 Å². The molecule has 0 bridgehead atoms. The number of hydrazine groups is 1. The fourth-order valence-corrected chi connectivity index (χ4v) is 2.66. The predicted octanol–water partition coefficient (Wildman–Crippen LogP) is 2.10. The minimum absolute atomic E-state index is 0.767. The number of thioether (sulfide) groups is 1. The molecule has 80 valence electrons. The number of nitrogens with zero attached hydrogens (tertiary/aromatic N) is 2. The van der Waals surface area contributed by atoms with Gasteiger partial charge in [-0.2, -0.15) is 11.8 Å². The zero-order chi connectivity index (χ0) is 10.4. The summed E-state index contributed by atoms with van der Waals surface area (Å²) in [6.45, 7) is 4.47. The molecule has 1 rings (SSSR count). The van der Waals surface area contributed by atoms with Gasteiger partial charge in [-0.25, -0.2) is 5.84 Å². The number of hydrogen-bond acceptors (Lipinski definition) is 6. The molecule has 0 aromatic carbocycles. The summed E-state index contributed by atoms with van der Waals surface area (Å²) in [5.41, 5.74) is 3.57. The van der Waals surface area contributed by atoms with Crippen LogP contribution in [0.4, 0.5) is 5.00 Å². The molecule has 0 amide bonds. The Morgan fingerprint density at radius 3 is 3.00 bits per heavy atom. The topological polar surface area (TPSA) is 63.8 Å². The van der Waals surface area contributed by atoms with Gasteiger partial charge in [0.1, 0.15) is 10.7 Å². The SMILES string of the molecule is CC(C)CCSCc1nnsc1NN. The van der Waals surface area contributed by atoms with Crippen molar-refractivity contribution in [3.05, 3.63) is 5.69 Å². The molecule has 3 N–H and O–H groups in total. The molecule has 0 aliphatic carbocycles. The van der Waals surface area contributed by atoms with Crippen LogP contribution in [0.1, 0.15) is 26.0 Å². The molecule has 0 radical (unpaired) electrons. The van der Waals surface area contributed by atoms with Crippen LogP contribution < -0.4 is 11.3 Å². The summed E-state index contributed by atoms with van der Waals surface area (Å²) < 4.78 is 3.84. The maximum absolute atomic E-state index is 5.32. The van der Waals surface area contributed by atoms with Crippen LogP contribution in [0.5, 0.6) is 0 Å². The number of nitrogens with one attached hydrogen (secondary N) is 1. The van der Waals surface area contributed by atoms with Gasteiger partial charge in [0.15, 0.2) is 0 Å². The fraction of sp³-hybridized carbons (Fsp3) is 0.750. The van der Waals surface area contributed by atoms with E-state index in [1.807, 2.05) is 11.8 Å². The summed E-state index contributed by atoms with van der Waals surface area (Å²) in [5, 5.41) is 4.89. The van der Waals surface area contributed by atoms with E-state index in [1.165, 1.54) is 23.7 Å². The second-order valence-electron chi connectivity index (χ2n) is 3.43. The van der Waals surface area contributed by atoms with Crippen LogP contribution in [0.2, 0.25) is 0 Å². The molecule has 0 aliphatic heterocycles. The van der Waals surface area contributed by atoms with Gasteiger partial charge >= 0.3 is 0 Å². The van der Waals surface area contributed by atoms with Crippen molar-refractivity contribution in [3.63, 3.8) is 0 Å². The van der Waals surface area contributed by atoms with Gasteiger partial charge in [-0.15, -0.1) is 5.10 Å². The molecule has 14 heavy (non-hydrogen) atoms. The Morgan fingerprint density at radius 1 is 1.57 bits per heavy atom. The van der Waals surface area contributed by atoms with Crippen LogP contribution in [0.15, 0.2) is 0 Å². The summed E-state index contributed by atoms with van der Waals surface area (Å²) in [4.78, 5) is 0. The van der Waals surface area contributed by atoms with Crippen molar-refractivity contribution in [1.29, 1.82) is 0 Å². The molecule has 4 nitrogen and oxygen atoms in total. The Morgan fingerprint density at radius 2 is 2.36 bits per heavy atom. The highest BCUT2D eigenvalue weighted by molar-refractivity contribution is 7.98. The van der Waals surface area contributed by atoms with Crippen LogP contribution in [-0.4, -0.2) is 15.3 Å². The van der Waals surface area contributed by atoms with Gasteiger partial charge in [0.2, 0.25) is 0 Å². The summed E-state index contributed by atoms with van der Waals surface area (Å²) in [7, 11) is 0. The molecule has 6 heteroatoms. The average Bonchev–Trinajstić information content (AvgIpc) is 2.59. The van der Waals surface area contributed by atoms with Crippen molar-refractivity contribution in [3.8, 4) is 0 Å². The second kappa shape index (κ2) is 6.21. The van der Waals surface area contributed by atoms with Crippen molar-refractivity contribution >= 4 is 28.3 Å². The third kappa shape index (κ3) is 3.81. The molecule has 0 atom stereocenters. The van der Waals surface area contributed by atoms with E-state index >= 15 is 0 Å². The van der Waals surface area contributed by atoms with E-state index in [4.69, 9.17) is 5.84 Å². The van der Waals surface area contributed by atoms with E-state index in [0.717, 1.165) is 22.4 Å². The quantitative estimate of drug-likeness (QED) is 0.447. The number of aromatic nitrogens is 2. The standard InChI is InChI=1S/C8H16N4S2/c1-6(2)3-4-13-5-7-8(10-9)14-12-11-7/h6,10H,3-5,9H2,1-2H3. The van der Waals surface area contributed by atoms with Gasteiger partial charge in [0.25, 0.3) is 0 Å². The van der Waals surface area contributed by atoms with Crippen molar-refractivity contribution in [2.24, 2.45) is 11.8 Å². The Labute approximate surface area is 92.8 Å². The van der Waals surface area contributed by atoms with Crippen LogP contribution >= 0.6 is 23.3 Å². The summed E-state index contributed by atoms with van der Waals surface area (Å²) in [5.74, 6) is 8.14. The molecule has 0 unspecified atom stereocenters. The first kappa shape index (κ1) is 11.7. The van der Waals surface area contributed by atoms with E-state index in [-0.39, 0.29) is 0 Å². The lowest BCUT2D eigenvalue weighted by Crippen LogP contribution is -2.06. The Kier molecular flexibility index (Phi) is 5.21. The first-order valence-corrected chi connectivity index (χ1v) is 6.52. The highest BCUT2D eigenvalue weighted by Crippen LogP contribution is 2.22. The third-order valence-electron chi connectivity index (χ3n) is 1.77. The molecule has 1 aromatic heterocycles. The van der Waals surface area contributed by atoms with Crippen molar-refractivity contribution in [2.75, 3.05) is 11.2 Å². The number of hydrogen-bond donors (Lipinski definition) is 2. The lowest BCUT2D eigenvalue weighted by molar-refractivity contribution is 0.632.